The van der Waals surface area contributed by atoms with Gasteiger partial charge < -0.3 is 20.1 Å². The maximum absolute atomic E-state index is 12.7. The van der Waals surface area contributed by atoms with Crippen LogP contribution in [-0.4, -0.2) is 48.0 Å². The molecule has 0 aliphatic carbocycles. The highest BCUT2D eigenvalue weighted by Crippen LogP contribution is 2.31. The molecule has 0 saturated heterocycles. The number of anilines is 1. The van der Waals surface area contributed by atoms with Gasteiger partial charge in [0, 0.05) is 17.8 Å². The van der Waals surface area contributed by atoms with Crippen molar-refractivity contribution in [3.8, 4) is 11.5 Å². The van der Waals surface area contributed by atoms with Gasteiger partial charge >= 0.3 is 6.03 Å². The summed E-state index contributed by atoms with van der Waals surface area (Å²) in [7, 11) is 0. The van der Waals surface area contributed by atoms with Crippen LogP contribution in [0.5, 0.6) is 11.5 Å². The molecule has 2 aromatic carbocycles. The number of nitrogens with zero attached hydrogens (tertiary/aromatic N) is 1. The van der Waals surface area contributed by atoms with E-state index < -0.39 is 11.6 Å². The van der Waals surface area contributed by atoms with Gasteiger partial charge in [-0.1, -0.05) is 6.07 Å². The van der Waals surface area contributed by atoms with Gasteiger partial charge in [0.1, 0.15) is 0 Å². The monoisotopic (exact) mass is 453 g/mol. The Kier molecular flexibility index (Phi) is 7.26. The molecule has 0 radical (unpaired) electrons. The maximum atomic E-state index is 12.7. The van der Waals surface area contributed by atoms with Crippen molar-refractivity contribution in [2.45, 2.75) is 46.6 Å². The number of hydrogen-bond donors (Lipinski definition) is 2. The minimum Gasteiger partial charge on any atom is -0.490 e. The van der Waals surface area contributed by atoms with E-state index in [2.05, 4.69) is 10.6 Å². The summed E-state index contributed by atoms with van der Waals surface area (Å²) in [6, 6.07) is 10.1. The highest BCUT2D eigenvalue weighted by molar-refractivity contribution is 6.22. The van der Waals surface area contributed by atoms with Crippen LogP contribution in [0.3, 0.4) is 0 Å². The van der Waals surface area contributed by atoms with E-state index in [1.165, 1.54) is 4.90 Å². The molecule has 0 fully saturated rings. The molecular formula is C25H31N3O5. The topological polar surface area (TPSA) is 97.0 Å². The Bertz CT molecular complexity index is 1060. The summed E-state index contributed by atoms with van der Waals surface area (Å²) in [4.78, 5) is 38.9. The number of amides is 4. The molecule has 33 heavy (non-hydrogen) atoms. The van der Waals surface area contributed by atoms with Crippen LogP contribution >= 0.6 is 0 Å². The number of carbonyl (C=O) groups is 3. The number of urea groups is 1. The predicted molar refractivity (Wildman–Crippen MR) is 126 cm³/mol. The molecule has 0 bridgehead atoms. The molecule has 0 saturated carbocycles. The fourth-order valence-electron chi connectivity index (χ4n) is 3.67. The van der Waals surface area contributed by atoms with Crippen LogP contribution in [0.25, 0.3) is 0 Å². The van der Waals surface area contributed by atoms with Crippen molar-refractivity contribution in [2.75, 3.05) is 25.1 Å². The predicted octanol–water partition coefficient (Wildman–Crippen LogP) is 4.24. The molecule has 2 N–H and O–H groups in total. The Labute approximate surface area is 194 Å². The zero-order chi connectivity index (χ0) is 24.2. The molecular weight excluding hydrogens is 422 g/mol. The Morgan fingerprint density at radius 1 is 0.909 bits per heavy atom. The van der Waals surface area contributed by atoms with E-state index in [0.717, 1.165) is 5.56 Å². The Hall–Kier alpha value is -3.55. The number of fused-ring (bicyclic) bond motifs is 1. The molecule has 1 aliphatic rings. The summed E-state index contributed by atoms with van der Waals surface area (Å²) in [5.41, 5.74) is 1.47. The van der Waals surface area contributed by atoms with Crippen LogP contribution in [0, 0.1) is 0 Å². The van der Waals surface area contributed by atoms with E-state index >= 15 is 0 Å². The molecule has 0 unspecified atom stereocenters. The summed E-state index contributed by atoms with van der Waals surface area (Å²) in [6.07, 6.45) is 0.609. The average molecular weight is 454 g/mol. The van der Waals surface area contributed by atoms with Gasteiger partial charge in [0.25, 0.3) is 11.8 Å². The van der Waals surface area contributed by atoms with Crippen LogP contribution in [0.2, 0.25) is 0 Å². The molecule has 4 amide bonds. The van der Waals surface area contributed by atoms with Crippen molar-refractivity contribution in [3.05, 3.63) is 53.1 Å². The van der Waals surface area contributed by atoms with Gasteiger partial charge in [-0.05, 0) is 76.9 Å². The largest absolute Gasteiger partial charge is 0.490 e. The van der Waals surface area contributed by atoms with Crippen LogP contribution in [-0.2, 0) is 6.42 Å². The zero-order valence-corrected chi connectivity index (χ0v) is 19.8. The van der Waals surface area contributed by atoms with E-state index in [-0.39, 0.29) is 11.8 Å². The first-order valence-electron chi connectivity index (χ1n) is 11.1. The first kappa shape index (κ1) is 24.1. The fourth-order valence-corrected chi connectivity index (χ4v) is 3.67. The third-order valence-corrected chi connectivity index (χ3v) is 5.12. The molecule has 1 heterocycles. The van der Waals surface area contributed by atoms with Crippen molar-refractivity contribution >= 4 is 23.5 Å². The number of rotatable bonds is 8. The van der Waals surface area contributed by atoms with Gasteiger partial charge in [0.05, 0.1) is 24.3 Å². The van der Waals surface area contributed by atoms with E-state index in [1.807, 2.05) is 52.8 Å². The quantitative estimate of drug-likeness (QED) is 0.583. The minimum atomic E-state index is -0.624. The highest BCUT2D eigenvalue weighted by Gasteiger charge is 2.41. The standard InChI is InChI=1S/C25H31N3O5/c1-6-32-20-11-8-16(14-21(20)33-7-2)12-13-26-24(31)27-17-9-10-18-19(15-17)23(30)28(22(18)29)25(3,4)5/h8-11,14-15H,6-7,12-13H2,1-5H3,(H2,26,27,31). The third kappa shape index (κ3) is 5.45. The third-order valence-electron chi connectivity index (χ3n) is 5.12. The number of ether oxygens (including phenoxy) is 2. The molecule has 1 aliphatic heterocycles. The van der Waals surface area contributed by atoms with Crippen LogP contribution < -0.4 is 20.1 Å². The molecule has 0 aromatic heterocycles. The molecule has 0 spiro atoms. The van der Waals surface area contributed by atoms with E-state index in [0.29, 0.717) is 54.5 Å². The lowest BCUT2D eigenvalue weighted by Crippen LogP contribution is -2.45. The SMILES string of the molecule is CCOc1ccc(CCNC(=O)Nc2ccc3c(c2)C(=O)N(C(C)(C)C)C3=O)cc1OCC. The van der Waals surface area contributed by atoms with Crippen LogP contribution in [0.15, 0.2) is 36.4 Å². The smallest absolute Gasteiger partial charge is 0.319 e. The lowest BCUT2D eigenvalue weighted by atomic mass is 10.1. The van der Waals surface area contributed by atoms with Crippen molar-refractivity contribution in [1.82, 2.24) is 10.2 Å². The van der Waals surface area contributed by atoms with Crippen molar-refractivity contribution < 1.29 is 23.9 Å². The van der Waals surface area contributed by atoms with E-state index in [9.17, 15) is 14.4 Å². The van der Waals surface area contributed by atoms with Crippen molar-refractivity contribution in [3.63, 3.8) is 0 Å². The summed E-state index contributed by atoms with van der Waals surface area (Å²) < 4.78 is 11.2. The molecule has 8 heteroatoms. The zero-order valence-electron chi connectivity index (χ0n) is 19.8. The van der Waals surface area contributed by atoms with E-state index in [1.54, 1.807) is 18.2 Å². The number of nitrogens with one attached hydrogen (secondary N) is 2. The lowest BCUT2D eigenvalue weighted by molar-refractivity contribution is 0.0507. The number of hydrogen-bond acceptors (Lipinski definition) is 5. The minimum absolute atomic E-state index is 0.297. The van der Waals surface area contributed by atoms with Crippen molar-refractivity contribution in [1.29, 1.82) is 0 Å². The second kappa shape index (κ2) is 9.94. The Morgan fingerprint density at radius 2 is 1.58 bits per heavy atom. The molecule has 0 atom stereocenters. The van der Waals surface area contributed by atoms with Crippen molar-refractivity contribution in [2.24, 2.45) is 0 Å². The number of benzene rings is 2. The summed E-state index contributed by atoms with van der Waals surface area (Å²) in [6.45, 7) is 10.8. The number of imide groups is 1. The highest BCUT2D eigenvalue weighted by atomic mass is 16.5. The van der Waals surface area contributed by atoms with Gasteiger partial charge in [-0.3, -0.25) is 14.5 Å². The second-order valence-electron chi connectivity index (χ2n) is 8.65. The maximum Gasteiger partial charge on any atom is 0.319 e. The van der Waals surface area contributed by atoms with Gasteiger partial charge in [-0.15, -0.1) is 0 Å². The van der Waals surface area contributed by atoms with E-state index in [4.69, 9.17) is 9.47 Å². The van der Waals surface area contributed by atoms with Gasteiger partial charge in [0.15, 0.2) is 11.5 Å². The van der Waals surface area contributed by atoms with Gasteiger partial charge in [-0.25, -0.2) is 4.79 Å². The summed E-state index contributed by atoms with van der Waals surface area (Å²) in [5, 5.41) is 5.53. The average Bonchev–Trinajstić information content (AvgIpc) is 3.00. The Morgan fingerprint density at radius 3 is 2.24 bits per heavy atom. The molecule has 2 aromatic rings. The first-order chi connectivity index (χ1) is 15.7. The summed E-state index contributed by atoms with van der Waals surface area (Å²) >= 11 is 0. The molecule has 3 rings (SSSR count). The fraction of sp³-hybridized carbons (Fsp3) is 0.400. The lowest BCUT2D eigenvalue weighted by Gasteiger charge is -2.29. The second-order valence-corrected chi connectivity index (χ2v) is 8.65. The summed E-state index contributed by atoms with van der Waals surface area (Å²) in [5.74, 6) is 0.707. The molecule has 176 valence electrons. The normalized spacial score (nSPS) is 13.1. The first-order valence-corrected chi connectivity index (χ1v) is 11.1. The number of carbonyl (C=O) groups excluding carboxylic acids is 3. The van der Waals surface area contributed by atoms with Gasteiger partial charge in [0.2, 0.25) is 0 Å². The Balaban J connectivity index is 1.59. The van der Waals surface area contributed by atoms with Gasteiger partial charge in [-0.2, -0.15) is 0 Å². The van der Waals surface area contributed by atoms with Crippen LogP contribution in [0.1, 0.15) is 60.9 Å². The van der Waals surface area contributed by atoms with Crippen LogP contribution in [0.4, 0.5) is 10.5 Å². The molecule has 8 nitrogen and oxygen atoms in total.